The van der Waals surface area contributed by atoms with Crippen LogP contribution in [0.15, 0.2) is 0 Å². The van der Waals surface area contributed by atoms with Crippen LogP contribution >= 0.6 is 0 Å². The highest BCUT2D eigenvalue weighted by molar-refractivity contribution is 4.71. The third-order valence-electron chi connectivity index (χ3n) is 3.51. The molecule has 0 aliphatic carbocycles. The zero-order valence-electron chi connectivity index (χ0n) is 10.4. The topological polar surface area (TPSA) is 23.5 Å². The Balaban J connectivity index is 2.12. The van der Waals surface area contributed by atoms with E-state index in [-0.39, 0.29) is 6.10 Å². The molecule has 0 aromatic carbocycles. The summed E-state index contributed by atoms with van der Waals surface area (Å²) in [6.45, 7) is 6.76. The van der Waals surface area contributed by atoms with Gasteiger partial charge in [0.2, 0.25) is 0 Å². The van der Waals surface area contributed by atoms with Gasteiger partial charge in [-0.05, 0) is 59.0 Å². The number of rotatable bonds is 5. The van der Waals surface area contributed by atoms with Crippen LogP contribution in [-0.2, 0) is 0 Å². The number of likely N-dealkylation sites (tertiary alicyclic amines) is 1. The normalized spacial score (nSPS) is 26.2. The van der Waals surface area contributed by atoms with Crippen LogP contribution in [-0.4, -0.2) is 35.2 Å². The molecule has 1 saturated heterocycles. The summed E-state index contributed by atoms with van der Waals surface area (Å²) >= 11 is 0. The van der Waals surface area contributed by atoms with E-state index in [0.717, 1.165) is 12.5 Å². The molecule has 1 aliphatic rings. The van der Waals surface area contributed by atoms with Gasteiger partial charge < -0.3 is 10.0 Å². The number of hydrogen-bond donors (Lipinski definition) is 1. The van der Waals surface area contributed by atoms with E-state index in [9.17, 15) is 5.11 Å². The molecule has 1 fully saturated rings. The monoisotopic (exact) mass is 213 g/mol. The van der Waals surface area contributed by atoms with Crippen LogP contribution in [0.3, 0.4) is 0 Å². The van der Waals surface area contributed by atoms with Crippen LogP contribution in [0.25, 0.3) is 0 Å². The van der Waals surface area contributed by atoms with Crippen molar-refractivity contribution in [3.05, 3.63) is 0 Å². The van der Waals surface area contributed by atoms with Crippen molar-refractivity contribution in [2.75, 3.05) is 13.1 Å². The largest absolute Gasteiger partial charge is 0.393 e. The molecule has 1 N–H and O–H groups in total. The summed E-state index contributed by atoms with van der Waals surface area (Å²) in [5, 5.41) is 9.17. The standard InChI is InChI=1S/C13H27NO/c1-12-8-4-3-6-10-14(12)11-7-5-9-13(2)15/h12-13,15H,3-11H2,1-2H3. The predicted octanol–water partition coefficient (Wildman–Crippen LogP) is 2.80. The van der Waals surface area contributed by atoms with Gasteiger partial charge in [0.15, 0.2) is 0 Å². The van der Waals surface area contributed by atoms with Crippen LogP contribution in [0.4, 0.5) is 0 Å². The van der Waals surface area contributed by atoms with E-state index < -0.39 is 0 Å². The average molecular weight is 213 g/mol. The highest BCUT2D eigenvalue weighted by atomic mass is 16.3. The predicted molar refractivity (Wildman–Crippen MR) is 65.0 cm³/mol. The van der Waals surface area contributed by atoms with Crippen molar-refractivity contribution in [2.24, 2.45) is 0 Å². The Bertz CT molecular complexity index is 159. The van der Waals surface area contributed by atoms with Gasteiger partial charge >= 0.3 is 0 Å². The SMILES string of the molecule is CC(O)CCCCN1CCCCCC1C. The molecule has 90 valence electrons. The first-order valence-electron chi connectivity index (χ1n) is 6.62. The second-order valence-corrected chi connectivity index (χ2v) is 5.08. The van der Waals surface area contributed by atoms with Gasteiger partial charge in [-0.3, -0.25) is 0 Å². The average Bonchev–Trinajstić information content (AvgIpc) is 2.38. The van der Waals surface area contributed by atoms with Crippen LogP contribution < -0.4 is 0 Å². The lowest BCUT2D eigenvalue weighted by atomic mass is 10.1. The lowest BCUT2D eigenvalue weighted by Crippen LogP contribution is -2.33. The minimum Gasteiger partial charge on any atom is -0.393 e. The van der Waals surface area contributed by atoms with Crippen molar-refractivity contribution in [2.45, 2.75) is 70.9 Å². The summed E-state index contributed by atoms with van der Waals surface area (Å²) in [5.74, 6) is 0. The molecule has 2 atom stereocenters. The zero-order chi connectivity index (χ0) is 11.1. The van der Waals surface area contributed by atoms with Gasteiger partial charge in [-0.1, -0.05) is 12.8 Å². The lowest BCUT2D eigenvalue weighted by Gasteiger charge is -2.26. The maximum atomic E-state index is 9.17. The van der Waals surface area contributed by atoms with Crippen LogP contribution in [0, 0.1) is 0 Å². The van der Waals surface area contributed by atoms with E-state index in [1.165, 1.54) is 51.6 Å². The van der Waals surface area contributed by atoms with Crippen LogP contribution in [0.1, 0.15) is 58.8 Å². The second kappa shape index (κ2) is 7.24. The fraction of sp³-hybridized carbons (Fsp3) is 1.00. The first-order valence-corrected chi connectivity index (χ1v) is 6.62. The zero-order valence-corrected chi connectivity index (χ0v) is 10.4. The molecule has 0 aromatic rings. The highest BCUT2D eigenvalue weighted by Crippen LogP contribution is 2.17. The number of aliphatic hydroxyl groups excluding tert-OH is 1. The number of aliphatic hydroxyl groups is 1. The van der Waals surface area contributed by atoms with Gasteiger partial charge in [-0.2, -0.15) is 0 Å². The molecule has 0 radical (unpaired) electrons. The number of nitrogens with zero attached hydrogens (tertiary/aromatic N) is 1. The van der Waals surface area contributed by atoms with Gasteiger partial charge in [-0.25, -0.2) is 0 Å². The number of unbranched alkanes of at least 4 members (excludes halogenated alkanes) is 1. The molecule has 2 unspecified atom stereocenters. The molecule has 2 heteroatoms. The molecule has 0 bridgehead atoms. The summed E-state index contributed by atoms with van der Waals surface area (Å²) in [4.78, 5) is 2.63. The third-order valence-corrected chi connectivity index (χ3v) is 3.51. The van der Waals surface area contributed by atoms with Crippen molar-refractivity contribution in [1.29, 1.82) is 0 Å². The summed E-state index contributed by atoms with van der Waals surface area (Å²) < 4.78 is 0. The van der Waals surface area contributed by atoms with E-state index in [1.807, 2.05) is 6.92 Å². The molecule has 0 saturated carbocycles. The van der Waals surface area contributed by atoms with Gasteiger partial charge in [0.1, 0.15) is 0 Å². The van der Waals surface area contributed by atoms with Crippen molar-refractivity contribution < 1.29 is 5.11 Å². The Morgan fingerprint density at radius 2 is 2.07 bits per heavy atom. The smallest absolute Gasteiger partial charge is 0.0512 e. The Labute approximate surface area is 94.7 Å². The molecular formula is C13H27NO. The Morgan fingerprint density at radius 3 is 2.80 bits per heavy atom. The minimum absolute atomic E-state index is 0.119. The Morgan fingerprint density at radius 1 is 1.27 bits per heavy atom. The first kappa shape index (κ1) is 13.0. The van der Waals surface area contributed by atoms with Crippen molar-refractivity contribution in [1.82, 2.24) is 4.90 Å². The van der Waals surface area contributed by atoms with E-state index in [4.69, 9.17) is 0 Å². The van der Waals surface area contributed by atoms with Gasteiger partial charge in [0.25, 0.3) is 0 Å². The van der Waals surface area contributed by atoms with Gasteiger partial charge in [0, 0.05) is 6.04 Å². The molecule has 0 aromatic heterocycles. The van der Waals surface area contributed by atoms with Crippen LogP contribution in [0.5, 0.6) is 0 Å². The fourth-order valence-corrected chi connectivity index (χ4v) is 2.42. The van der Waals surface area contributed by atoms with E-state index in [0.29, 0.717) is 0 Å². The minimum atomic E-state index is -0.119. The second-order valence-electron chi connectivity index (χ2n) is 5.08. The fourth-order valence-electron chi connectivity index (χ4n) is 2.42. The number of hydrogen-bond acceptors (Lipinski definition) is 2. The van der Waals surface area contributed by atoms with Gasteiger partial charge in [0.05, 0.1) is 6.10 Å². The summed E-state index contributed by atoms with van der Waals surface area (Å²) in [6, 6.07) is 0.777. The van der Waals surface area contributed by atoms with Gasteiger partial charge in [-0.15, -0.1) is 0 Å². The molecule has 2 nitrogen and oxygen atoms in total. The van der Waals surface area contributed by atoms with E-state index in [1.54, 1.807) is 0 Å². The van der Waals surface area contributed by atoms with Crippen molar-refractivity contribution in [3.63, 3.8) is 0 Å². The Kier molecular flexibility index (Phi) is 6.26. The molecule has 1 heterocycles. The summed E-state index contributed by atoms with van der Waals surface area (Å²) in [7, 11) is 0. The van der Waals surface area contributed by atoms with E-state index >= 15 is 0 Å². The van der Waals surface area contributed by atoms with Crippen molar-refractivity contribution in [3.8, 4) is 0 Å². The lowest BCUT2D eigenvalue weighted by molar-refractivity contribution is 0.171. The summed E-state index contributed by atoms with van der Waals surface area (Å²) in [5.41, 5.74) is 0. The molecular weight excluding hydrogens is 186 g/mol. The Hall–Kier alpha value is -0.0800. The molecule has 0 spiro atoms. The molecule has 1 aliphatic heterocycles. The van der Waals surface area contributed by atoms with Crippen LogP contribution in [0.2, 0.25) is 0 Å². The maximum Gasteiger partial charge on any atom is 0.0512 e. The van der Waals surface area contributed by atoms with E-state index in [2.05, 4.69) is 11.8 Å². The first-order chi connectivity index (χ1) is 7.20. The quantitative estimate of drug-likeness (QED) is 0.710. The highest BCUT2D eigenvalue weighted by Gasteiger charge is 2.15. The molecule has 15 heavy (non-hydrogen) atoms. The van der Waals surface area contributed by atoms with Crippen molar-refractivity contribution >= 4 is 0 Å². The maximum absolute atomic E-state index is 9.17. The molecule has 0 amide bonds. The summed E-state index contributed by atoms with van der Waals surface area (Å²) in [6.07, 6.45) is 8.82. The molecule has 1 rings (SSSR count). The third kappa shape index (κ3) is 5.53.